The molecule has 26 heavy (non-hydrogen) atoms. The molecule has 1 aliphatic carbocycles. The smallest absolute Gasteiger partial charge is 0.240 e. The number of carbonyl (C=O) groups excluding carboxylic acids is 2. The van der Waals surface area contributed by atoms with Gasteiger partial charge in [-0.2, -0.15) is 5.26 Å². The number of anilines is 1. The van der Waals surface area contributed by atoms with Crippen molar-refractivity contribution in [1.29, 1.82) is 5.26 Å². The zero-order valence-corrected chi connectivity index (χ0v) is 14.1. The van der Waals surface area contributed by atoms with E-state index in [-0.39, 0.29) is 24.2 Å². The molecule has 0 heterocycles. The van der Waals surface area contributed by atoms with Crippen LogP contribution in [0.2, 0.25) is 0 Å². The maximum absolute atomic E-state index is 13.6. The van der Waals surface area contributed by atoms with Crippen molar-refractivity contribution in [3.8, 4) is 6.07 Å². The lowest BCUT2D eigenvalue weighted by Gasteiger charge is -2.15. The summed E-state index contributed by atoms with van der Waals surface area (Å²) >= 11 is 0. The molecule has 2 aromatic rings. The summed E-state index contributed by atoms with van der Waals surface area (Å²) in [6.07, 6.45) is 1.31. The fourth-order valence-corrected chi connectivity index (χ4v) is 2.78. The van der Waals surface area contributed by atoms with E-state index < -0.39 is 5.41 Å². The Kier molecular flexibility index (Phi) is 4.99. The number of hydrogen-bond donors (Lipinski definition) is 2. The molecule has 0 atom stereocenters. The normalized spacial score (nSPS) is 14.2. The number of nitrogens with zero attached hydrogens (tertiary/aromatic N) is 1. The minimum atomic E-state index is -1.07. The maximum Gasteiger partial charge on any atom is 0.240 e. The number of halogens is 1. The number of benzene rings is 2. The predicted molar refractivity (Wildman–Crippen MR) is 94.6 cm³/mol. The highest BCUT2D eigenvalue weighted by molar-refractivity contribution is 6.13. The molecule has 5 nitrogen and oxygen atoms in total. The van der Waals surface area contributed by atoms with Gasteiger partial charge in [-0.15, -0.1) is 0 Å². The monoisotopic (exact) mass is 351 g/mol. The standard InChI is InChI=1S/C20H18FN3O2/c21-17-7-2-1-5-15(17)8-11-23-18(25)20(9-10-20)19(26)24-16-6-3-4-14(12-16)13-22/h1-7,12H,8-11H2,(H,23,25)(H,24,26). The molecule has 2 amide bonds. The molecule has 0 unspecified atom stereocenters. The van der Waals surface area contributed by atoms with Crippen LogP contribution in [0.25, 0.3) is 0 Å². The van der Waals surface area contributed by atoms with Gasteiger partial charge in [0.25, 0.3) is 0 Å². The Labute approximate surface area is 150 Å². The summed E-state index contributed by atoms with van der Waals surface area (Å²) in [5.74, 6) is -1.03. The fourth-order valence-electron chi connectivity index (χ4n) is 2.78. The van der Waals surface area contributed by atoms with E-state index in [4.69, 9.17) is 5.26 Å². The summed E-state index contributed by atoms with van der Waals surface area (Å²) in [5, 5.41) is 14.4. The quantitative estimate of drug-likeness (QED) is 0.785. The molecular weight excluding hydrogens is 333 g/mol. The van der Waals surface area contributed by atoms with E-state index >= 15 is 0 Å². The molecule has 1 fully saturated rings. The zero-order valence-electron chi connectivity index (χ0n) is 14.1. The highest BCUT2D eigenvalue weighted by Gasteiger charge is 2.56. The number of hydrogen-bond acceptors (Lipinski definition) is 3. The van der Waals surface area contributed by atoms with Gasteiger partial charge in [-0.05, 0) is 49.1 Å². The minimum absolute atomic E-state index is 0.263. The van der Waals surface area contributed by atoms with Crippen molar-refractivity contribution in [3.05, 3.63) is 65.5 Å². The summed E-state index contributed by atoms with van der Waals surface area (Å²) in [6.45, 7) is 0.263. The van der Waals surface area contributed by atoms with Crippen LogP contribution >= 0.6 is 0 Å². The molecule has 1 aliphatic rings. The van der Waals surface area contributed by atoms with E-state index in [1.165, 1.54) is 6.07 Å². The molecule has 0 radical (unpaired) electrons. The van der Waals surface area contributed by atoms with Crippen LogP contribution in [0.4, 0.5) is 10.1 Å². The van der Waals surface area contributed by atoms with Gasteiger partial charge < -0.3 is 10.6 Å². The second kappa shape index (κ2) is 7.36. The van der Waals surface area contributed by atoms with Crippen LogP contribution in [0, 0.1) is 22.6 Å². The van der Waals surface area contributed by atoms with Gasteiger partial charge >= 0.3 is 0 Å². The lowest BCUT2D eigenvalue weighted by molar-refractivity contribution is -0.134. The predicted octanol–water partition coefficient (Wildman–Crippen LogP) is 2.77. The van der Waals surface area contributed by atoms with Crippen molar-refractivity contribution >= 4 is 17.5 Å². The Balaban J connectivity index is 1.57. The average Bonchev–Trinajstić information content (AvgIpc) is 3.45. The van der Waals surface area contributed by atoms with E-state index in [0.717, 1.165) is 0 Å². The fraction of sp³-hybridized carbons (Fsp3) is 0.250. The van der Waals surface area contributed by atoms with Gasteiger partial charge in [0.05, 0.1) is 11.6 Å². The highest BCUT2D eigenvalue weighted by atomic mass is 19.1. The Bertz CT molecular complexity index is 885. The first kappa shape index (κ1) is 17.6. The van der Waals surface area contributed by atoms with E-state index in [9.17, 15) is 14.0 Å². The Hall–Kier alpha value is -3.20. The van der Waals surface area contributed by atoms with E-state index in [2.05, 4.69) is 10.6 Å². The van der Waals surface area contributed by atoms with Gasteiger partial charge in [0.15, 0.2) is 0 Å². The Morgan fingerprint density at radius 3 is 2.58 bits per heavy atom. The van der Waals surface area contributed by atoms with Crippen molar-refractivity contribution in [2.24, 2.45) is 5.41 Å². The first-order chi connectivity index (χ1) is 12.5. The van der Waals surface area contributed by atoms with E-state index in [0.29, 0.717) is 36.1 Å². The number of rotatable bonds is 6. The Morgan fingerprint density at radius 2 is 1.88 bits per heavy atom. The molecule has 0 bridgehead atoms. The summed E-state index contributed by atoms with van der Waals surface area (Å²) in [7, 11) is 0. The number of carbonyl (C=O) groups is 2. The summed E-state index contributed by atoms with van der Waals surface area (Å²) < 4.78 is 13.6. The molecule has 1 saturated carbocycles. The second-order valence-corrected chi connectivity index (χ2v) is 6.33. The minimum Gasteiger partial charge on any atom is -0.355 e. The van der Waals surface area contributed by atoms with Crippen LogP contribution in [-0.2, 0) is 16.0 Å². The second-order valence-electron chi connectivity index (χ2n) is 6.33. The van der Waals surface area contributed by atoms with E-state index in [1.807, 2.05) is 6.07 Å². The van der Waals surface area contributed by atoms with Gasteiger partial charge in [0.2, 0.25) is 11.8 Å². The number of nitriles is 1. The largest absolute Gasteiger partial charge is 0.355 e. The third kappa shape index (κ3) is 3.72. The molecule has 2 aromatic carbocycles. The maximum atomic E-state index is 13.6. The van der Waals surface area contributed by atoms with E-state index in [1.54, 1.807) is 42.5 Å². The molecule has 0 spiro atoms. The van der Waals surface area contributed by atoms with Gasteiger partial charge in [-0.1, -0.05) is 24.3 Å². The first-order valence-corrected chi connectivity index (χ1v) is 8.38. The van der Waals surface area contributed by atoms with Crippen LogP contribution in [0.15, 0.2) is 48.5 Å². The van der Waals surface area contributed by atoms with Crippen molar-refractivity contribution in [2.75, 3.05) is 11.9 Å². The van der Waals surface area contributed by atoms with Crippen LogP contribution in [-0.4, -0.2) is 18.4 Å². The van der Waals surface area contributed by atoms with Crippen molar-refractivity contribution in [1.82, 2.24) is 5.32 Å². The molecule has 2 N–H and O–H groups in total. The van der Waals surface area contributed by atoms with Gasteiger partial charge in [0.1, 0.15) is 11.2 Å². The third-order valence-corrected chi connectivity index (χ3v) is 4.51. The summed E-state index contributed by atoms with van der Waals surface area (Å²) in [6, 6.07) is 14.9. The van der Waals surface area contributed by atoms with Gasteiger partial charge in [0, 0.05) is 12.2 Å². The SMILES string of the molecule is N#Cc1cccc(NC(=O)C2(C(=O)NCCc3ccccc3F)CC2)c1. The molecule has 0 aromatic heterocycles. The first-order valence-electron chi connectivity index (χ1n) is 8.38. The number of amides is 2. The van der Waals surface area contributed by atoms with Crippen LogP contribution < -0.4 is 10.6 Å². The molecular formula is C20H18FN3O2. The lowest BCUT2D eigenvalue weighted by Crippen LogP contribution is -2.40. The highest BCUT2D eigenvalue weighted by Crippen LogP contribution is 2.46. The molecule has 132 valence electrons. The van der Waals surface area contributed by atoms with Gasteiger partial charge in [-0.3, -0.25) is 9.59 Å². The number of nitrogens with one attached hydrogen (secondary N) is 2. The molecule has 3 rings (SSSR count). The Morgan fingerprint density at radius 1 is 1.12 bits per heavy atom. The van der Waals surface area contributed by atoms with Crippen LogP contribution in [0.3, 0.4) is 0 Å². The van der Waals surface area contributed by atoms with Crippen LogP contribution in [0.5, 0.6) is 0 Å². The average molecular weight is 351 g/mol. The molecule has 0 aliphatic heterocycles. The van der Waals surface area contributed by atoms with Gasteiger partial charge in [-0.25, -0.2) is 4.39 Å². The van der Waals surface area contributed by atoms with Crippen molar-refractivity contribution < 1.29 is 14.0 Å². The van der Waals surface area contributed by atoms with Crippen LogP contribution in [0.1, 0.15) is 24.0 Å². The molecule has 0 saturated heterocycles. The van der Waals surface area contributed by atoms with Crippen molar-refractivity contribution in [3.63, 3.8) is 0 Å². The lowest BCUT2D eigenvalue weighted by atomic mass is 10.0. The summed E-state index contributed by atoms with van der Waals surface area (Å²) in [5.41, 5.74) is 0.370. The summed E-state index contributed by atoms with van der Waals surface area (Å²) in [4.78, 5) is 24.9. The molecule has 6 heteroatoms. The third-order valence-electron chi connectivity index (χ3n) is 4.51. The topological polar surface area (TPSA) is 82.0 Å². The zero-order chi connectivity index (χ0) is 18.6. The van der Waals surface area contributed by atoms with Crippen molar-refractivity contribution in [2.45, 2.75) is 19.3 Å².